The molecule has 10 nitrogen and oxygen atoms in total. The molecule has 6 unspecified atom stereocenters. The summed E-state index contributed by atoms with van der Waals surface area (Å²) in [7, 11) is -6.64. The van der Waals surface area contributed by atoms with Gasteiger partial charge in [-0.25, -0.2) is 13.2 Å². The molecule has 0 aromatic heterocycles. The number of alkyl halides is 4. The van der Waals surface area contributed by atoms with E-state index in [1.807, 2.05) is 0 Å². The van der Waals surface area contributed by atoms with Crippen molar-refractivity contribution in [1.29, 1.82) is 0 Å². The van der Waals surface area contributed by atoms with Crippen LogP contribution in [0.25, 0.3) is 0 Å². The Labute approximate surface area is 185 Å². The number of hydrogen-bond acceptors (Lipinski definition) is 10. The van der Waals surface area contributed by atoms with Gasteiger partial charge in [0.2, 0.25) is 0 Å². The van der Waals surface area contributed by atoms with E-state index in [-0.39, 0.29) is 0 Å². The number of ether oxygens (including phenoxy) is 4. The monoisotopic (exact) mass is 505 g/mol. The predicted octanol–water partition coefficient (Wildman–Crippen LogP) is 0.322. The lowest BCUT2D eigenvalue weighted by Crippen LogP contribution is -2.53. The molecule has 33 heavy (non-hydrogen) atoms. The largest absolute Gasteiger partial charge is 0.743 e. The molecule has 0 aromatic carbocycles. The Morgan fingerprint density at radius 3 is 2.42 bits per heavy atom. The van der Waals surface area contributed by atoms with Crippen LogP contribution in [-0.4, -0.2) is 84.4 Å². The zero-order chi connectivity index (χ0) is 24.4. The highest BCUT2D eigenvalue weighted by Gasteiger charge is 2.72. The molecule has 0 aromatic rings. The van der Waals surface area contributed by atoms with Gasteiger partial charge in [0.25, 0.3) is 0 Å². The van der Waals surface area contributed by atoms with Crippen LogP contribution in [0.1, 0.15) is 32.1 Å². The lowest BCUT2D eigenvalue weighted by molar-refractivity contribution is -0.178. The maximum Gasteiger partial charge on any atom is 0.396 e. The predicted molar refractivity (Wildman–Crippen MR) is 93.8 cm³/mol. The molecule has 6 atom stereocenters. The Morgan fingerprint density at radius 1 is 1.18 bits per heavy atom. The van der Waals surface area contributed by atoms with E-state index in [4.69, 9.17) is 14.2 Å². The molecule has 0 amide bonds. The van der Waals surface area contributed by atoms with Crippen LogP contribution in [0.2, 0.25) is 0 Å². The molecule has 1 N–H and O–H groups in total. The Balaban J connectivity index is 1.32. The van der Waals surface area contributed by atoms with Crippen LogP contribution in [0.5, 0.6) is 0 Å². The average Bonchev–Trinajstić information content (AvgIpc) is 3.42. The van der Waals surface area contributed by atoms with Crippen LogP contribution < -0.4 is 0 Å². The highest BCUT2D eigenvalue weighted by Crippen LogP contribution is 2.57. The average molecular weight is 505 g/mol. The molecule has 3 saturated heterocycles. The summed E-state index contributed by atoms with van der Waals surface area (Å²) in [6, 6.07) is 0. The van der Waals surface area contributed by atoms with Gasteiger partial charge in [-0.2, -0.15) is 17.6 Å². The number of hydrogen-bond donors (Lipinski definition) is 1. The van der Waals surface area contributed by atoms with E-state index in [0.29, 0.717) is 12.8 Å². The third-order valence-electron chi connectivity index (χ3n) is 6.81. The molecule has 3 aliphatic heterocycles. The van der Waals surface area contributed by atoms with Crippen molar-refractivity contribution in [3.63, 3.8) is 0 Å². The number of fused-ring (bicyclic) bond motifs is 1. The highest BCUT2D eigenvalue weighted by molar-refractivity contribution is 7.86. The molecule has 1 aliphatic carbocycles. The van der Waals surface area contributed by atoms with Crippen molar-refractivity contribution in [3.8, 4) is 0 Å². The molecule has 0 radical (unpaired) electrons. The van der Waals surface area contributed by atoms with Crippen molar-refractivity contribution in [3.05, 3.63) is 0 Å². The number of carbonyl (C=O) groups is 2. The molecule has 0 spiro atoms. The normalized spacial score (nSPS) is 35.2. The van der Waals surface area contributed by atoms with Gasteiger partial charge in [0.1, 0.15) is 18.8 Å². The van der Waals surface area contributed by atoms with Crippen molar-refractivity contribution >= 4 is 22.1 Å². The van der Waals surface area contributed by atoms with E-state index >= 15 is 0 Å². The van der Waals surface area contributed by atoms with Crippen LogP contribution in [0, 0.1) is 11.8 Å². The lowest BCUT2D eigenvalue weighted by atomic mass is 9.69. The first-order valence-electron chi connectivity index (χ1n) is 10.3. The first-order valence-corrected chi connectivity index (χ1v) is 11.7. The minimum atomic E-state index is -6.64. The first kappa shape index (κ1) is 24.6. The Bertz CT molecular complexity index is 919. The van der Waals surface area contributed by atoms with Crippen LogP contribution in [0.3, 0.4) is 0 Å². The number of esters is 2. The van der Waals surface area contributed by atoms with Crippen LogP contribution in [0.15, 0.2) is 0 Å². The second kappa shape index (κ2) is 8.00. The van der Waals surface area contributed by atoms with E-state index in [2.05, 4.69) is 4.74 Å². The summed E-state index contributed by atoms with van der Waals surface area (Å²) in [5.41, 5.74) is -1.15. The van der Waals surface area contributed by atoms with Crippen LogP contribution in [-0.2, 0) is 38.7 Å². The smallest absolute Gasteiger partial charge is 0.396 e. The Morgan fingerprint density at radius 2 is 1.82 bits per heavy atom. The zero-order valence-corrected chi connectivity index (χ0v) is 17.8. The van der Waals surface area contributed by atoms with E-state index in [0.717, 1.165) is 12.8 Å². The maximum absolute atomic E-state index is 13.4. The SMILES string of the molecule is O=C(COC1C2OC(=O)C3C2OC1C3C1(O)CCCC1)OCCC(F)(F)C(F)(F)S(=O)(=O)[O-]. The molecule has 4 rings (SSSR count). The fraction of sp³-hybridized carbons (Fsp3) is 0.889. The molecule has 1 saturated carbocycles. The molecule has 188 valence electrons. The van der Waals surface area contributed by atoms with E-state index < -0.39 is 94.7 Å². The van der Waals surface area contributed by atoms with Crippen molar-refractivity contribution in [1.82, 2.24) is 0 Å². The summed E-state index contributed by atoms with van der Waals surface area (Å²) in [5, 5.41) is 5.16. The van der Waals surface area contributed by atoms with E-state index in [1.165, 1.54) is 0 Å². The van der Waals surface area contributed by atoms with Crippen molar-refractivity contribution in [2.24, 2.45) is 11.8 Å². The summed E-state index contributed by atoms with van der Waals surface area (Å²) in [6.45, 7) is -2.14. The fourth-order valence-electron chi connectivity index (χ4n) is 5.30. The van der Waals surface area contributed by atoms with Gasteiger partial charge in [0, 0.05) is 5.92 Å². The van der Waals surface area contributed by atoms with Crippen LogP contribution in [0.4, 0.5) is 17.6 Å². The number of aliphatic hydroxyl groups is 1. The number of rotatable bonds is 9. The summed E-state index contributed by atoms with van der Waals surface area (Å²) in [6.07, 6.45) is -2.62. The summed E-state index contributed by atoms with van der Waals surface area (Å²) in [4.78, 5) is 24.2. The molecule has 3 heterocycles. The third-order valence-corrected chi connectivity index (χ3v) is 7.73. The molecular weight excluding hydrogens is 484 g/mol. The van der Waals surface area contributed by atoms with Gasteiger partial charge in [0.15, 0.2) is 16.2 Å². The lowest BCUT2D eigenvalue weighted by Gasteiger charge is -2.38. The second-order valence-corrected chi connectivity index (χ2v) is 10.2. The highest BCUT2D eigenvalue weighted by atomic mass is 32.2. The van der Waals surface area contributed by atoms with Gasteiger partial charge in [0.05, 0.1) is 30.7 Å². The minimum Gasteiger partial charge on any atom is -0.743 e. The first-order chi connectivity index (χ1) is 15.2. The third kappa shape index (κ3) is 3.90. The van der Waals surface area contributed by atoms with E-state index in [1.54, 1.807) is 0 Å². The molecule has 15 heteroatoms. The maximum atomic E-state index is 13.4. The molecular formula is C18H21F4O10S-. The summed E-state index contributed by atoms with van der Waals surface area (Å²) in [5.74, 6) is -8.30. The van der Waals surface area contributed by atoms with Crippen LogP contribution >= 0.6 is 0 Å². The topological polar surface area (TPSA) is 148 Å². The molecule has 4 aliphatic rings. The second-order valence-electron chi connectivity index (χ2n) is 8.75. The van der Waals surface area contributed by atoms with Gasteiger partial charge in [-0.1, -0.05) is 12.8 Å². The quantitative estimate of drug-likeness (QED) is 0.264. The Hall–Kier alpha value is -1.55. The Kier molecular flexibility index (Phi) is 5.96. The van der Waals surface area contributed by atoms with Gasteiger partial charge in [-0.05, 0) is 12.8 Å². The van der Waals surface area contributed by atoms with Gasteiger partial charge >= 0.3 is 23.1 Å². The summed E-state index contributed by atoms with van der Waals surface area (Å²) < 4.78 is 105. The molecule has 2 bridgehead atoms. The minimum absolute atomic E-state index is 0.464. The van der Waals surface area contributed by atoms with Gasteiger partial charge in [-0.3, -0.25) is 4.79 Å². The fourth-order valence-corrected chi connectivity index (χ4v) is 5.77. The number of carbonyl (C=O) groups excluding carboxylic acids is 2. The van der Waals surface area contributed by atoms with Crippen molar-refractivity contribution < 1.29 is 64.2 Å². The van der Waals surface area contributed by atoms with Crippen molar-refractivity contribution in [2.45, 2.75) is 73.3 Å². The van der Waals surface area contributed by atoms with Crippen molar-refractivity contribution in [2.75, 3.05) is 13.2 Å². The van der Waals surface area contributed by atoms with Gasteiger partial charge < -0.3 is 28.6 Å². The number of halogens is 4. The van der Waals surface area contributed by atoms with E-state index in [9.17, 15) is 45.2 Å². The summed E-state index contributed by atoms with van der Waals surface area (Å²) >= 11 is 0. The molecule has 4 fully saturated rings. The van der Waals surface area contributed by atoms with Gasteiger partial charge in [-0.15, -0.1) is 0 Å². The zero-order valence-electron chi connectivity index (χ0n) is 17.0. The standard InChI is InChI=1S/C18H22F4O10S/c19-17(20,18(21,22)33(26,27)28)5-6-29-8(23)7-30-13-12-10(16(25)3-1-2-4-16)9-11(31-12)14(13)32-15(9)24/h9-14,25H,1-7H2,(H,26,27,28)/p-1.